The van der Waals surface area contributed by atoms with Crippen molar-refractivity contribution >= 4 is 34.2 Å². The lowest BCUT2D eigenvalue weighted by molar-refractivity contribution is -0.123. The third kappa shape index (κ3) is 6.87. The van der Waals surface area contributed by atoms with Gasteiger partial charge in [-0.25, -0.2) is 4.98 Å². The van der Waals surface area contributed by atoms with Gasteiger partial charge in [-0.2, -0.15) is 0 Å². The van der Waals surface area contributed by atoms with E-state index in [1.54, 1.807) is 18.4 Å². The van der Waals surface area contributed by atoms with Crippen LogP contribution in [-0.4, -0.2) is 34.5 Å². The highest BCUT2D eigenvalue weighted by atomic mass is 32.1. The molecule has 1 atom stereocenters. The van der Waals surface area contributed by atoms with Gasteiger partial charge in [0, 0.05) is 29.4 Å². The van der Waals surface area contributed by atoms with Crippen molar-refractivity contribution in [3.05, 3.63) is 81.8 Å². The molecule has 7 nitrogen and oxygen atoms in total. The van der Waals surface area contributed by atoms with Crippen molar-refractivity contribution in [3.63, 3.8) is 0 Å². The summed E-state index contributed by atoms with van der Waals surface area (Å²) in [7, 11) is 1.62. The number of thiophene rings is 1. The van der Waals surface area contributed by atoms with Crippen LogP contribution in [0.1, 0.15) is 79.1 Å². The van der Waals surface area contributed by atoms with Crippen LogP contribution in [0.3, 0.4) is 0 Å². The number of hydrogen-bond acceptors (Lipinski definition) is 5. The maximum atomic E-state index is 13.3. The Morgan fingerprint density at radius 1 is 1.05 bits per heavy atom. The lowest BCUT2D eigenvalue weighted by atomic mass is 10.1. The van der Waals surface area contributed by atoms with Crippen molar-refractivity contribution in [3.8, 4) is 5.75 Å². The minimum atomic E-state index is -0.618. The zero-order valence-electron chi connectivity index (χ0n) is 23.2. The summed E-state index contributed by atoms with van der Waals surface area (Å²) in [5.74, 6) is 1.31. The molecule has 2 heterocycles. The first-order valence-electron chi connectivity index (χ1n) is 13.7. The van der Waals surface area contributed by atoms with Crippen molar-refractivity contribution < 1.29 is 14.3 Å². The predicted molar refractivity (Wildman–Crippen MR) is 157 cm³/mol. The molecule has 39 heavy (non-hydrogen) atoms. The van der Waals surface area contributed by atoms with E-state index >= 15 is 0 Å². The zero-order valence-corrected chi connectivity index (χ0v) is 24.0. The Labute approximate surface area is 234 Å². The molecule has 206 valence electrons. The van der Waals surface area contributed by atoms with Crippen LogP contribution in [0, 0.1) is 0 Å². The van der Waals surface area contributed by atoms with E-state index in [0.29, 0.717) is 24.6 Å². The molecule has 0 radical (unpaired) electrons. The summed E-state index contributed by atoms with van der Waals surface area (Å²) in [5.41, 5.74) is 3.30. The number of aromatic nitrogens is 2. The van der Waals surface area contributed by atoms with E-state index in [-0.39, 0.29) is 11.8 Å². The predicted octanol–water partition coefficient (Wildman–Crippen LogP) is 6.27. The lowest BCUT2D eigenvalue weighted by Crippen LogP contribution is -2.46. The summed E-state index contributed by atoms with van der Waals surface area (Å²) in [6, 6.07) is 17.1. The van der Waals surface area contributed by atoms with Crippen LogP contribution in [0.4, 0.5) is 0 Å². The molecule has 2 N–H and O–H groups in total. The van der Waals surface area contributed by atoms with Crippen molar-refractivity contribution in [1.29, 1.82) is 0 Å². The topological polar surface area (TPSA) is 85.2 Å². The highest BCUT2D eigenvalue weighted by Crippen LogP contribution is 2.28. The molecule has 0 bridgehead atoms. The van der Waals surface area contributed by atoms with Crippen LogP contribution in [0.5, 0.6) is 5.75 Å². The van der Waals surface area contributed by atoms with E-state index in [1.807, 2.05) is 49.4 Å². The highest BCUT2D eigenvalue weighted by Gasteiger charge is 2.22. The highest BCUT2D eigenvalue weighted by molar-refractivity contribution is 7.09. The summed E-state index contributed by atoms with van der Waals surface area (Å²) in [6.07, 6.45) is 4.10. The Morgan fingerprint density at radius 3 is 2.46 bits per heavy atom. The van der Waals surface area contributed by atoms with Crippen LogP contribution >= 0.6 is 11.3 Å². The van der Waals surface area contributed by atoms with Gasteiger partial charge in [0.05, 0.1) is 18.1 Å². The fraction of sp³-hybridized carbons (Fsp3) is 0.387. The van der Waals surface area contributed by atoms with Crippen LogP contribution in [-0.2, 0) is 17.8 Å². The molecule has 2 aromatic carbocycles. The van der Waals surface area contributed by atoms with Gasteiger partial charge in [-0.15, -0.1) is 11.3 Å². The van der Waals surface area contributed by atoms with Crippen LogP contribution in [0.15, 0.2) is 60.0 Å². The number of fused-ring (bicyclic) bond motifs is 1. The van der Waals surface area contributed by atoms with E-state index in [2.05, 4.69) is 46.6 Å². The Morgan fingerprint density at radius 2 is 1.82 bits per heavy atom. The molecule has 2 amide bonds. The molecule has 0 aliphatic rings. The number of rotatable bonds is 13. The SMILES string of the molecule is CCC[C@H](NC(=O)c1ccc2c(c1)nc(Cc1cccs1)n2C(CC)CC)C(=O)NCc1ccc(OC)cc1. The Bertz CT molecular complexity index is 1380. The number of nitrogens with zero attached hydrogens (tertiary/aromatic N) is 2. The molecular weight excluding hydrogens is 508 g/mol. The van der Waals surface area contributed by atoms with Crippen molar-refractivity contribution in [1.82, 2.24) is 20.2 Å². The van der Waals surface area contributed by atoms with Gasteiger partial charge in [-0.05, 0) is 66.6 Å². The van der Waals surface area contributed by atoms with E-state index in [9.17, 15) is 9.59 Å². The maximum absolute atomic E-state index is 13.3. The molecule has 8 heteroatoms. The number of amides is 2. The second kappa shape index (κ2) is 13.4. The third-order valence-electron chi connectivity index (χ3n) is 7.07. The fourth-order valence-corrected chi connectivity index (χ4v) is 5.60. The number of nitrogens with one attached hydrogen (secondary N) is 2. The van der Waals surface area contributed by atoms with E-state index in [4.69, 9.17) is 9.72 Å². The molecule has 4 rings (SSSR count). The number of benzene rings is 2. The second-order valence-corrected chi connectivity index (χ2v) is 10.7. The molecule has 0 unspecified atom stereocenters. The van der Waals surface area contributed by atoms with Crippen LogP contribution in [0.25, 0.3) is 11.0 Å². The minimum Gasteiger partial charge on any atom is -0.497 e. The number of hydrogen-bond donors (Lipinski definition) is 2. The molecule has 0 aliphatic heterocycles. The number of imidazole rings is 1. The maximum Gasteiger partial charge on any atom is 0.252 e. The standard InChI is InChI=1S/C31H38N4O3S/c1-5-9-26(31(37)32-20-21-11-14-24(38-4)15-12-21)34-30(36)22-13-16-28-27(18-22)33-29(19-25-10-8-17-39-25)35(28)23(6-2)7-3/h8,10-18,23,26H,5-7,9,19-20H2,1-4H3,(H,32,37)(H,34,36)/t26-/m0/s1. The number of carbonyl (C=O) groups is 2. The Balaban J connectivity index is 1.51. The minimum absolute atomic E-state index is 0.196. The lowest BCUT2D eigenvalue weighted by Gasteiger charge is -2.19. The molecule has 0 fully saturated rings. The first-order valence-corrected chi connectivity index (χ1v) is 14.6. The number of ether oxygens (including phenoxy) is 1. The van der Waals surface area contributed by atoms with Crippen LogP contribution < -0.4 is 15.4 Å². The summed E-state index contributed by atoms with van der Waals surface area (Å²) in [4.78, 5) is 32.5. The second-order valence-electron chi connectivity index (χ2n) is 9.71. The van der Waals surface area contributed by atoms with Crippen molar-refractivity contribution in [2.75, 3.05) is 7.11 Å². The van der Waals surface area contributed by atoms with E-state index in [1.165, 1.54) is 4.88 Å². The van der Waals surface area contributed by atoms with Gasteiger partial charge in [-0.3, -0.25) is 9.59 Å². The average Bonchev–Trinajstić information content (AvgIpc) is 3.60. The smallest absolute Gasteiger partial charge is 0.252 e. The van der Waals surface area contributed by atoms with Crippen LogP contribution in [0.2, 0.25) is 0 Å². The van der Waals surface area contributed by atoms with Gasteiger partial charge in [0.15, 0.2) is 0 Å². The number of methoxy groups -OCH3 is 1. The quantitative estimate of drug-likeness (QED) is 0.207. The van der Waals surface area contributed by atoms with Gasteiger partial charge < -0.3 is 19.9 Å². The fourth-order valence-electron chi connectivity index (χ4n) is 4.90. The average molecular weight is 547 g/mol. The monoisotopic (exact) mass is 546 g/mol. The third-order valence-corrected chi connectivity index (χ3v) is 7.95. The molecule has 0 aliphatic carbocycles. The van der Waals surface area contributed by atoms with Gasteiger partial charge in [0.2, 0.25) is 5.91 Å². The summed E-state index contributed by atoms with van der Waals surface area (Å²) in [6.45, 7) is 6.78. The first kappa shape index (κ1) is 28.4. The Kier molecular flexibility index (Phi) is 9.76. The summed E-state index contributed by atoms with van der Waals surface area (Å²) < 4.78 is 7.53. The summed E-state index contributed by atoms with van der Waals surface area (Å²) in [5, 5.41) is 7.99. The summed E-state index contributed by atoms with van der Waals surface area (Å²) >= 11 is 1.73. The first-order chi connectivity index (χ1) is 19.0. The van der Waals surface area contributed by atoms with E-state index in [0.717, 1.165) is 53.9 Å². The molecule has 4 aromatic rings. The molecular formula is C31H38N4O3S. The largest absolute Gasteiger partial charge is 0.497 e. The molecule has 0 spiro atoms. The van der Waals surface area contributed by atoms with Crippen molar-refractivity contribution in [2.45, 2.75) is 71.5 Å². The van der Waals surface area contributed by atoms with Gasteiger partial charge in [-0.1, -0.05) is 45.4 Å². The van der Waals surface area contributed by atoms with Gasteiger partial charge in [0.25, 0.3) is 5.91 Å². The zero-order chi connectivity index (χ0) is 27.8. The van der Waals surface area contributed by atoms with Crippen molar-refractivity contribution in [2.24, 2.45) is 0 Å². The van der Waals surface area contributed by atoms with Gasteiger partial charge in [0.1, 0.15) is 17.6 Å². The number of carbonyl (C=O) groups excluding carboxylic acids is 2. The van der Waals surface area contributed by atoms with Gasteiger partial charge >= 0.3 is 0 Å². The molecule has 0 saturated heterocycles. The van der Waals surface area contributed by atoms with E-state index < -0.39 is 6.04 Å². The molecule has 2 aromatic heterocycles. The molecule has 0 saturated carbocycles. The normalized spacial score (nSPS) is 12.0. The Hall–Kier alpha value is -3.65.